The quantitative estimate of drug-likeness (QED) is 0.161. The summed E-state index contributed by atoms with van der Waals surface area (Å²) in [5.74, 6) is 0. The molecule has 0 bridgehead atoms. The van der Waals surface area contributed by atoms with Gasteiger partial charge >= 0.3 is 0 Å². The van der Waals surface area contributed by atoms with E-state index >= 15 is 0 Å². The minimum absolute atomic E-state index is 0.901. The summed E-state index contributed by atoms with van der Waals surface area (Å²) in [5, 5.41) is 7.23. The van der Waals surface area contributed by atoms with Crippen LogP contribution in [0.5, 0.6) is 0 Å². The molecule has 0 amide bonds. The van der Waals surface area contributed by atoms with Crippen LogP contribution in [-0.2, 0) is 0 Å². The molecule has 0 radical (unpaired) electrons. The maximum absolute atomic E-state index is 6.47. The monoisotopic (exact) mass is 778 g/mol. The number of para-hydroxylation sites is 6. The summed E-state index contributed by atoms with van der Waals surface area (Å²) in [5.41, 5.74) is 15.4. The van der Waals surface area contributed by atoms with Crippen LogP contribution in [0.2, 0.25) is 0 Å². The van der Waals surface area contributed by atoms with E-state index in [1.807, 2.05) is 12.1 Å². The van der Waals surface area contributed by atoms with E-state index in [4.69, 9.17) is 4.42 Å². The summed E-state index contributed by atoms with van der Waals surface area (Å²) >= 11 is 0. The Bertz CT molecular complexity index is 3540. The summed E-state index contributed by atoms with van der Waals surface area (Å²) in [6, 6.07) is 83.0. The molecule has 0 aliphatic carbocycles. The number of rotatable bonds is 7. The second-order valence-corrected chi connectivity index (χ2v) is 15.7. The van der Waals surface area contributed by atoms with E-state index < -0.39 is 0 Å². The average molecular weight is 779 g/mol. The summed E-state index contributed by atoms with van der Waals surface area (Å²) < 4.78 is 8.88. The Morgan fingerprint density at radius 1 is 0.344 bits per heavy atom. The average Bonchev–Trinajstić information content (AvgIpc) is 3.88. The van der Waals surface area contributed by atoms with E-state index in [1.54, 1.807) is 0 Å². The third kappa shape index (κ3) is 5.90. The molecular weight excluding hydrogens is 741 g/mol. The molecule has 0 N–H and O–H groups in total. The zero-order valence-electron chi connectivity index (χ0n) is 33.2. The normalized spacial score (nSPS) is 11.6. The minimum atomic E-state index is 0.901. The molecule has 0 aliphatic heterocycles. The fourth-order valence-electron chi connectivity index (χ4n) is 9.27. The van der Waals surface area contributed by atoms with Crippen molar-refractivity contribution in [3.05, 3.63) is 231 Å². The summed E-state index contributed by atoms with van der Waals surface area (Å²) in [6.07, 6.45) is 0. The molecule has 12 aromatic rings. The van der Waals surface area contributed by atoms with Crippen LogP contribution < -0.4 is 4.90 Å². The van der Waals surface area contributed by atoms with Crippen molar-refractivity contribution in [2.75, 3.05) is 4.90 Å². The Morgan fingerprint density at radius 2 is 0.885 bits per heavy atom. The van der Waals surface area contributed by atoms with E-state index in [-0.39, 0.29) is 0 Å². The van der Waals surface area contributed by atoms with Crippen LogP contribution in [0, 0.1) is 0 Å². The van der Waals surface area contributed by atoms with Gasteiger partial charge in [0.1, 0.15) is 11.2 Å². The van der Waals surface area contributed by atoms with Gasteiger partial charge in [0.05, 0.1) is 22.4 Å². The molecular formula is C58H38N2O. The van der Waals surface area contributed by atoms with Crippen molar-refractivity contribution in [2.45, 2.75) is 0 Å². The highest BCUT2D eigenvalue weighted by atomic mass is 16.3. The first-order valence-corrected chi connectivity index (χ1v) is 20.8. The number of hydrogen-bond acceptors (Lipinski definition) is 2. The number of fused-ring (bicyclic) bond motifs is 7. The summed E-state index contributed by atoms with van der Waals surface area (Å²) in [6.45, 7) is 0. The number of benzene rings is 10. The highest BCUT2D eigenvalue weighted by Crippen LogP contribution is 2.43. The van der Waals surface area contributed by atoms with Gasteiger partial charge in [-0.3, -0.25) is 0 Å². The van der Waals surface area contributed by atoms with E-state index in [0.717, 1.165) is 61.4 Å². The second kappa shape index (κ2) is 14.3. The molecule has 2 aromatic heterocycles. The van der Waals surface area contributed by atoms with Crippen LogP contribution in [0.25, 0.3) is 93.6 Å². The maximum Gasteiger partial charge on any atom is 0.143 e. The molecule has 3 nitrogen and oxygen atoms in total. The van der Waals surface area contributed by atoms with Crippen molar-refractivity contribution < 1.29 is 4.42 Å². The molecule has 10 aromatic carbocycles. The lowest BCUT2D eigenvalue weighted by Gasteiger charge is -2.28. The molecule has 0 atom stereocenters. The third-order valence-electron chi connectivity index (χ3n) is 12.2. The Balaban J connectivity index is 0.990. The van der Waals surface area contributed by atoms with Crippen LogP contribution in [0.1, 0.15) is 0 Å². The van der Waals surface area contributed by atoms with Crippen molar-refractivity contribution in [3.8, 4) is 39.1 Å². The van der Waals surface area contributed by atoms with Crippen molar-refractivity contribution in [1.82, 2.24) is 4.57 Å². The molecule has 2 heterocycles. The lowest BCUT2D eigenvalue weighted by atomic mass is 9.97. The largest absolute Gasteiger partial charge is 0.455 e. The van der Waals surface area contributed by atoms with Crippen LogP contribution in [0.3, 0.4) is 0 Å². The van der Waals surface area contributed by atoms with Gasteiger partial charge in [0.15, 0.2) is 0 Å². The standard InChI is InChI=1S/C58H38N2O/c1-2-14-42-38-45(28-27-39(42)13-1)44-16-11-15-43(37-44)40-29-33-46(34-30-40)59(47-35-31-41(32-36-47)48-20-12-21-52-51-19-5-10-26-57(51)61-58(48)52)55-24-8-9-25-56(55)60-53-22-6-3-17-49(53)50-18-4-7-23-54(50)60/h1-38H. The first kappa shape index (κ1) is 34.9. The van der Waals surface area contributed by atoms with Crippen molar-refractivity contribution in [1.29, 1.82) is 0 Å². The molecule has 61 heavy (non-hydrogen) atoms. The maximum atomic E-state index is 6.47. The van der Waals surface area contributed by atoms with Gasteiger partial charge in [0.25, 0.3) is 0 Å². The Hall–Kier alpha value is -8.14. The molecule has 0 unspecified atom stereocenters. The first-order chi connectivity index (χ1) is 30.2. The van der Waals surface area contributed by atoms with Gasteiger partial charge in [-0.05, 0) is 105 Å². The molecule has 0 saturated heterocycles. The molecule has 3 heteroatoms. The van der Waals surface area contributed by atoms with Gasteiger partial charge in [-0.25, -0.2) is 0 Å². The Kier molecular flexibility index (Phi) is 8.17. The number of nitrogens with zero attached hydrogens (tertiary/aromatic N) is 2. The molecule has 286 valence electrons. The van der Waals surface area contributed by atoms with Crippen LogP contribution >= 0.6 is 0 Å². The van der Waals surface area contributed by atoms with Crippen LogP contribution in [0.15, 0.2) is 235 Å². The smallest absolute Gasteiger partial charge is 0.143 e. The van der Waals surface area contributed by atoms with Gasteiger partial charge in [0.2, 0.25) is 0 Å². The number of anilines is 3. The van der Waals surface area contributed by atoms with Crippen molar-refractivity contribution in [2.24, 2.45) is 0 Å². The van der Waals surface area contributed by atoms with Crippen molar-refractivity contribution >= 4 is 71.6 Å². The minimum Gasteiger partial charge on any atom is -0.455 e. The van der Waals surface area contributed by atoms with Crippen LogP contribution in [0.4, 0.5) is 17.1 Å². The molecule has 12 rings (SSSR count). The number of aromatic nitrogens is 1. The Morgan fingerprint density at radius 3 is 1.64 bits per heavy atom. The van der Waals surface area contributed by atoms with E-state index in [0.29, 0.717) is 0 Å². The molecule has 0 fully saturated rings. The van der Waals surface area contributed by atoms with Gasteiger partial charge in [0, 0.05) is 38.5 Å². The highest BCUT2D eigenvalue weighted by molar-refractivity contribution is 6.11. The third-order valence-corrected chi connectivity index (χ3v) is 12.2. The lowest BCUT2D eigenvalue weighted by molar-refractivity contribution is 0.670. The predicted molar refractivity (Wildman–Crippen MR) is 257 cm³/mol. The summed E-state index contributed by atoms with van der Waals surface area (Å²) in [4.78, 5) is 2.39. The second-order valence-electron chi connectivity index (χ2n) is 15.7. The summed E-state index contributed by atoms with van der Waals surface area (Å²) in [7, 11) is 0. The topological polar surface area (TPSA) is 21.3 Å². The van der Waals surface area contributed by atoms with Gasteiger partial charge in [-0.2, -0.15) is 0 Å². The van der Waals surface area contributed by atoms with E-state index in [9.17, 15) is 0 Å². The molecule has 0 saturated carbocycles. The Labute approximate surface area is 353 Å². The van der Waals surface area contributed by atoms with Gasteiger partial charge < -0.3 is 13.9 Å². The number of furan rings is 1. The fraction of sp³-hybridized carbons (Fsp3) is 0. The van der Waals surface area contributed by atoms with E-state index in [2.05, 4.69) is 228 Å². The van der Waals surface area contributed by atoms with Crippen molar-refractivity contribution in [3.63, 3.8) is 0 Å². The number of hydrogen-bond donors (Lipinski definition) is 0. The van der Waals surface area contributed by atoms with Gasteiger partial charge in [-0.1, -0.05) is 164 Å². The zero-order chi connectivity index (χ0) is 40.3. The fourth-order valence-corrected chi connectivity index (χ4v) is 9.27. The molecule has 0 spiro atoms. The predicted octanol–water partition coefficient (Wildman–Crippen LogP) is 16.3. The van der Waals surface area contributed by atoms with E-state index in [1.165, 1.54) is 49.3 Å². The first-order valence-electron chi connectivity index (χ1n) is 20.8. The zero-order valence-corrected chi connectivity index (χ0v) is 33.2. The highest BCUT2D eigenvalue weighted by Gasteiger charge is 2.21. The SMILES string of the molecule is c1cc(-c2ccc(N(c3ccc(-c4cccc5c4oc4ccccc45)cc3)c3ccccc3-n3c4ccccc4c4ccccc43)cc2)cc(-c2ccc3ccccc3c2)c1. The van der Waals surface area contributed by atoms with Gasteiger partial charge in [-0.15, -0.1) is 0 Å². The van der Waals surface area contributed by atoms with Crippen LogP contribution in [-0.4, -0.2) is 4.57 Å². The molecule has 0 aliphatic rings. The lowest BCUT2D eigenvalue weighted by Crippen LogP contribution is -2.13.